The first-order valence-corrected chi connectivity index (χ1v) is 6.67. The zero-order chi connectivity index (χ0) is 13.6. The minimum Gasteiger partial charge on any atom is -0.377 e. The van der Waals surface area contributed by atoms with Crippen molar-refractivity contribution < 1.29 is 9.53 Å². The van der Waals surface area contributed by atoms with E-state index in [1.54, 1.807) is 11.1 Å². The van der Waals surface area contributed by atoms with Gasteiger partial charge in [0.25, 0.3) is 5.91 Å². The summed E-state index contributed by atoms with van der Waals surface area (Å²) in [6.45, 7) is 5.56. The number of halogens is 1. The summed E-state index contributed by atoms with van der Waals surface area (Å²) >= 11 is 5.89. The van der Waals surface area contributed by atoms with E-state index in [4.69, 9.17) is 16.3 Å². The van der Waals surface area contributed by atoms with E-state index in [9.17, 15) is 4.79 Å². The molecule has 102 valence electrons. The maximum Gasteiger partial charge on any atom is 0.252 e. The molecule has 0 saturated carbocycles. The third kappa shape index (κ3) is 1.95. The molecule has 3 heterocycles. The molecule has 1 saturated heterocycles. The third-order valence-electron chi connectivity index (χ3n) is 3.42. The highest BCUT2D eigenvalue weighted by Crippen LogP contribution is 2.36. The Labute approximate surface area is 116 Å². The second-order valence-corrected chi connectivity index (χ2v) is 5.27. The van der Waals surface area contributed by atoms with E-state index >= 15 is 0 Å². The van der Waals surface area contributed by atoms with Crippen molar-refractivity contribution in [1.29, 1.82) is 0 Å². The molecule has 0 radical (unpaired) electrons. The summed E-state index contributed by atoms with van der Waals surface area (Å²) < 4.78 is 5.42. The molecule has 1 atom stereocenters. The molecule has 0 aliphatic carbocycles. The molecular formula is C12H15ClN4O2. The number of carbonyl (C=O) groups is 1. The van der Waals surface area contributed by atoms with E-state index in [0.29, 0.717) is 19.8 Å². The molecule has 1 fully saturated rings. The smallest absolute Gasteiger partial charge is 0.252 e. The van der Waals surface area contributed by atoms with Crippen LogP contribution in [-0.2, 0) is 9.53 Å². The number of anilines is 2. The number of rotatable bonds is 1. The number of morpholine rings is 1. The maximum atomic E-state index is 12.6. The molecule has 1 aromatic heterocycles. The highest BCUT2D eigenvalue weighted by molar-refractivity contribution is 6.28. The lowest BCUT2D eigenvalue weighted by Crippen LogP contribution is -2.60. The number of aromatic nitrogens is 2. The SMILES string of the molecule is CC(C)N1C(=O)C2COCCN2c2nc(Cl)ncc21. The number of carbonyl (C=O) groups excluding carboxylic acids is 1. The first-order valence-electron chi connectivity index (χ1n) is 6.29. The Morgan fingerprint density at radius 3 is 3.05 bits per heavy atom. The minimum absolute atomic E-state index is 0.0353. The van der Waals surface area contributed by atoms with Gasteiger partial charge in [-0.25, -0.2) is 4.98 Å². The van der Waals surface area contributed by atoms with E-state index in [0.717, 1.165) is 11.5 Å². The summed E-state index contributed by atoms with van der Waals surface area (Å²) in [4.78, 5) is 24.5. The predicted octanol–water partition coefficient (Wildman–Crippen LogP) is 1.09. The van der Waals surface area contributed by atoms with Gasteiger partial charge in [0.2, 0.25) is 5.28 Å². The zero-order valence-corrected chi connectivity index (χ0v) is 11.6. The second-order valence-electron chi connectivity index (χ2n) is 4.93. The molecule has 0 aromatic carbocycles. The van der Waals surface area contributed by atoms with Crippen molar-refractivity contribution in [2.75, 3.05) is 29.6 Å². The lowest BCUT2D eigenvalue weighted by molar-refractivity contribution is -0.122. The van der Waals surface area contributed by atoms with Crippen molar-refractivity contribution in [3.63, 3.8) is 0 Å². The van der Waals surface area contributed by atoms with Crippen LogP contribution in [-0.4, -0.2) is 47.7 Å². The molecule has 3 rings (SSSR count). The zero-order valence-electron chi connectivity index (χ0n) is 10.8. The molecule has 2 aliphatic heterocycles. The average molecular weight is 283 g/mol. The number of ether oxygens (including phenoxy) is 1. The summed E-state index contributed by atoms with van der Waals surface area (Å²) in [6, 6.07) is -0.269. The van der Waals surface area contributed by atoms with Gasteiger partial charge in [0, 0.05) is 12.6 Å². The number of fused-ring (bicyclic) bond motifs is 3. The van der Waals surface area contributed by atoms with Gasteiger partial charge in [0.15, 0.2) is 5.82 Å². The Bertz CT molecular complexity index is 522. The monoisotopic (exact) mass is 282 g/mol. The Kier molecular flexibility index (Phi) is 3.06. The molecule has 7 heteroatoms. The molecular weight excluding hydrogens is 268 g/mol. The normalized spacial score (nSPS) is 22.5. The van der Waals surface area contributed by atoms with E-state index in [1.807, 2.05) is 18.7 Å². The Morgan fingerprint density at radius 1 is 1.53 bits per heavy atom. The largest absolute Gasteiger partial charge is 0.377 e. The average Bonchev–Trinajstić information content (AvgIpc) is 2.39. The predicted molar refractivity (Wildman–Crippen MR) is 71.6 cm³/mol. The molecule has 0 spiro atoms. The van der Waals surface area contributed by atoms with Crippen LogP contribution in [0.25, 0.3) is 0 Å². The van der Waals surface area contributed by atoms with E-state index in [1.165, 1.54) is 0 Å². The minimum atomic E-state index is -0.311. The standard InChI is InChI=1S/C12H15ClN4O2/c1-7(2)17-8-5-14-12(13)15-10(8)16-3-4-19-6-9(16)11(17)18/h5,7,9H,3-4,6H2,1-2H3. The van der Waals surface area contributed by atoms with Gasteiger partial charge in [0.05, 0.1) is 19.4 Å². The Hall–Kier alpha value is -1.40. The van der Waals surface area contributed by atoms with Crippen LogP contribution in [0.4, 0.5) is 11.5 Å². The fraction of sp³-hybridized carbons (Fsp3) is 0.583. The van der Waals surface area contributed by atoms with Crippen LogP contribution >= 0.6 is 11.6 Å². The van der Waals surface area contributed by atoms with Crippen molar-refractivity contribution >= 4 is 29.0 Å². The lowest BCUT2D eigenvalue weighted by Gasteiger charge is -2.45. The van der Waals surface area contributed by atoms with Gasteiger partial charge in [0.1, 0.15) is 11.7 Å². The van der Waals surface area contributed by atoms with Gasteiger partial charge in [-0.15, -0.1) is 0 Å². The summed E-state index contributed by atoms with van der Waals surface area (Å²) in [5.74, 6) is 0.759. The number of hydrogen-bond acceptors (Lipinski definition) is 5. The van der Waals surface area contributed by atoms with Gasteiger partial charge < -0.3 is 14.5 Å². The van der Waals surface area contributed by atoms with Gasteiger partial charge in [-0.1, -0.05) is 0 Å². The van der Waals surface area contributed by atoms with Crippen molar-refractivity contribution in [1.82, 2.24) is 9.97 Å². The van der Waals surface area contributed by atoms with Crippen molar-refractivity contribution in [3.05, 3.63) is 11.5 Å². The molecule has 0 N–H and O–H groups in total. The summed E-state index contributed by atoms with van der Waals surface area (Å²) in [7, 11) is 0. The molecule has 1 aromatic rings. The van der Waals surface area contributed by atoms with Crippen molar-refractivity contribution in [3.8, 4) is 0 Å². The van der Waals surface area contributed by atoms with E-state index in [-0.39, 0.29) is 23.3 Å². The highest BCUT2D eigenvalue weighted by atomic mass is 35.5. The maximum absolute atomic E-state index is 12.6. The fourth-order valence-electron chi connectivity index (χ4n) is 2.60. The second kappa shape index (κ2) is 4.61. The Balaban J connectivity index is 2.14. The molecule has 6 nitrogen and oxygen atoms in total. The Morgan fingerprint density at radius 2 is 2.32 bits per heavy atom. The molecule has 0 bridgehead atoms. The van der Waals surface area contributed by atoms with Crippen LogP contribution in [0.15, 0.2) is 6.20 Å². The van der Waals surface area contributed by atoms with Crippen LogP contribution in [0.2, 0.25) is 5.28 Å². The highest BCUT2D eigenvalue weighted by Gasteiger charge is 2.42. The lowest BCUT2D eigenvalue weighted by atomic mass is 10.1. The topological polar surface area (TPSA) is 58.6 Å². The molecule has 2 aliphatic rings. The quantitative estimate of drug-likeness (QED) is 0.722. The van der Waals surface area contributed by atoms with E-state index < -0.39 is 0 Å². The summed E-state index contributed by atoms with van der Waals surface area (Å²) in [5, 5.41) is 0.196. The molecule has 1 amide bonds. The summed E-state index contributed by atoms with van der Waals surface area (Å²) in [6.07, 6.45) is 1.62. The van der Waals surface area contributed by atoms with Crippen LogP contribution in [0.5, 0.6) is 0 Å². The van der Waals surface area contributed by atoms with Crippen LogP contribution in [0.1, 0.15) is 13.8 Å². The van der Waals surface area contributed by atoms with Crippen molar-refractivity contribution in [2.45, 2.75) is 25.9 Å². The number of amides is 1. The third-order valence-corrected chi connectivity index (χ3v) is 3.60. The number of hydrogen-bond donors (Lipinski definition) is 0. The van der Waals surface area contributed by atoms with Gasteiger partial charge in [-0.3, -0.25) is 4.79 Å². The fourth-order valence-corrected chi connectivity index (χ4v) is 2.73. The van der Waals surface area contributed by atoms with Gasteiger partial charge >= 0.3 is 0 Å². The first kappa shape index (κ1) is 12.6. The van der Waals surface area contributed by atoms with Crippen LogP contribution in [0, 0.1) is 0 Å². The van der Waals surface area contributed by atoms with Gasteiger partial charge in [-0.2, -0.15) is 4.98 Å². The van der Waals surface area contributed by atoms with E-state index in [2.05, 4.69) is 9.97 Å². The first-order chi connectivity index (χ1) is 9.09. The number of nitrogens with zero attached hydrogens (tertiary/aromatic N) is 4. The van der Waals surface area contributed by atoms with Crippen LogP contribution < -0.4 is 9.80 Å². The van der Waals surface area contributed by atoms with Crippen molar-refractivity contribution in [2.24, 2.45) is 0 Å². The summed E-state index contributed by atoms with van der Waals surface area (Å²) in [5.41, 5.74) is 0.725. The van der Waals surface area contributed by atoms with Crippen LogP contribution in [0.3, 0.4) is 0 Å². The molecule has 1 unspecified atom stereocenters. The molecule has 19 heavy (non-hydrogen) atoms. The van der Waals surface area contributed by atoms with Gasteiger partial charge in [-0.05, 0) is 25.4 Å².